The Hall–Kier alpha value is -2.10. The van der Waals surface area contributed by atoms with Crippen molar-refractivity contribution in [1.29, 1.82) is 0 Å². The molecule has 2 fully saturated rings. The van der Waals surface area contributed by atoms with Crippen LogP contribution in [-0.4, -0.2) is 68.3 Å². The summed E-state index contributed by atoms with van der Waals surface area (Å²) in [5.41, 5.74) is 0.542. The maximum atomic E-state index is 11.9. The molecule has 2 aliphatic rings. The van der Waals surface area contributed by atoms with Gasteiger partial charge >= 0.3 is 0 Å². The van der Waals surface area contributed by atoms with Crippen molar-refractivity contribution in [3.8, 4) is 12.3 Å². The molecule has 0 aliphatic carbocycles. The lowest BCUT2D eigenvalue weighted by Gasteiger charge is -2.37. The summed E-state index contributed by atoms with van der Waals surface area (Å²) in [4.78, 5) is 21.2. The molecular formula is C19H26N4O2. The van der Waals surface area contributed by atoms with Crippen molar-refractivity contribution in [2.24, 2.45) is 5.92 Å². The molecule has 6 nitrogen and oxygen atoms in total. The highest BCUT2D eigenvalue weighted by molar-refractivity contribution is 5.94. The lowest BCUT2D eigenvalue weighted by molar-refractivity contribution is 0.0296. The van der Waals surface area contributed by atoms with Crippen LogP contribution in [0.2, 0.25) is 0 Å². The van der Waals surface area contributed by atoms with Gasteiger partial charge in [-0.15, -0.1) is 6.42 Å². The molecule has 0 spiro atoms. The van der Waals surface area contributed by atoms with Gasteiger partial charge in [0, 0.05) is 38.9 Å². The fourth-order valence-electron chi connectivity index (χ4n) is 3.51. The Morgan fingerprint density at radius 3 is 2.92 bits per heavy atom. The first-order valence-corrected chi connectivity index (χ1v) is 8.99. The van der Waals surface area contributed by atoms with Crippen LogP contribution in [0.5, 0.6) is 0 Å². The van der Waals surface area contributed by atoms with E-state index >= 15 is 0 Å². The minimum Gasteiger partial charge on any atom is -0.379 e. The zero-order valence-corrected chi connectivity index (χ0v) is 14.6. The van der Waals surface area contributed by atoms with Gasteiger partial charge in [0.1, 0.15) is 5.82 Å². The molecule has 0 saturated carbocycles. The first kappa shape index (κ1) is 17.7. The summed E-state index contributed by atoms with van der Waals surface area (Å²) < 4.78 is 5.43. The molecule has 0 radical (unpaired) electrons. The highest BCUT2D eigenvalue weighted by Gasteiger charge is 2.24. The van der Waals surface area contributed by atoms with Gasteiger partial charge in [-0.1, -0.05) is 5.92 Å². The van der Waals surface area contributed by atoms with Crippen molar-refractivity contribution in [3.63, 3.8) is 0 Å². The number of hydrogen-bond donors (Lipinski definition) is 1. The van der Waals surface area contributed by atoms with E-state index in [1.165, 1.54) is 12.8 Å². The lowest BCUT2D eigenvalue weighted by Crippen LogP contribution is -2.44. The number of piperidine rings is 1. The van der Waals surface area contributed by atoms with Gasteiger partial charge in [-0.25, -0.2) is 4.98 Å². The molecule has 3 rings (SSSR count). The summed E-state index contributed by atoms with van der Waals surface area (Å²) in [7, 11) is 0. The Morgan fingerprint density at radius 2 is 2.20 bits per heavy atom. The summed E-state index contributed by atoms with van der Waals surface area (Å²) in [6, 6.07) is 3.75. The Labute approximate surface area is 149 Å². The van der Waals surface area contributed by atoms with Crippen molar-refractivity contribution in [1.82, 2.24) is 15.2 Å². The van der Waals surface area contributed by atoms with Crippen molar-refractivity contribution in [2.45, 2.75) is 12.8 Å². The van der Waals surface area contributed by atoms with E-state index in [2.05, 4.69) is 26.0 Å². The van der Waals surface area contributed by atoms with E-state index in [4.69, 9.17) is 11.2 Å². The summed E-state index contributed by atoms with van der Waals surface area (Å²) in [5, 5.41) is 2.66. The fourth-order valence-corrected chi connectivity index (χ4v) is 3.51. The molecular weight excluding hydrogens is 316 g/mol. The van der Waals surface area contributed by atoms with Crippen LogP contribution >= 0.6 is 0 Å². The van der Waals surface area contributed by atoms with Crippen LogP contribution in [0.15, 0.2) is 18.3 Å². The van der Waals surface area contributed by atoms with Gasteiger partial charge in [-0.3, -0.25) is 9.69 Å². The van der Waals surface area contributed by atoms with Crippen molar-refractivity contribution < 1.29 is 9.53 Å². The quantitative estimate of drug-likeness (QED) is 0.809. The summed E-state index contributed by atoms with van der Waals surface area (Å²) in [6.07, 6.45) is 9.24. The average Bonchev–Trinajstić information content (AvgIpc) is 2.67. The Bertz CT molecular complexity index is 605. The summed E-state index contributed by atoms with van der Waals surface area (Å²) in [6.45, 7) is 7.18. The van der Waals surface area contributed by atoms with E-state index in [1.807, 2.05) is 12.1 Å². The number of morpholine rings is 1. The number of nitrogens with one attached hydrogen (secondary N) is 1. The number of nitrogens with zero attached hydrogens (tertiary/aromatic N) is 3. The van der Waals surface area contributed by atoms with Crippen molar-refractivity contribution in [2.75, 3.05) is 57.4 Å². The van der Waals surface area contributed by atoms with E-state index in [0.29, 0.717) is 11.5 Å². The van der Waals surface area contributed by atoms with E-state index in [1.54, 1.807) is 6.20 Å². The second-order valence-corrected chi connectivity index (χ2v) is 6.66. The third kappa shape index (κ3) is 4.94. The van der Waals surface area contributed by atoms with E-state index < -0.39 is 0 Å². The second kappa shape index (κ2) is 8.84. The smallest absolute Gasteiger partial charge is 0.253 e. The van der Waals surface area contributed by atoms with Gasteiger partial charge < -0.3 is 15.0 Å². The number of amides is 1. The Kier molecular flexibility index (Phi) is 6.26. The van der Waals surface area contributed by atoms with Crippen molar-refractivity contribution in [3.05, 3.63) is 23.9 Å². The van der Waals surface area contributed by atoms with Gasteiger partial charge in [-0.2, -0.15) is 0 Å². The van der Waals surface area contributed by atoms with Gasteiger partial charge in [-0.05, 0) is 30.9 Å². The van der Waals surface area contributed by atoms with Crippen LogP contribution in [0.4, 0.5) is 5.82 Å². The molecule has 1 aromatic heterocycles. The first-order chi connectivity index (χ1) is 12.3. The molecule has 1 unspecified atom stereocenters. The average molecular weight is 342 g/mol. The highest BCUT2D eigenvalue weighted by atomic mass is 16.5. The number of carbonyl (C=O) groups is 1. The summed E-state index contributed by atoms with van der Waals surface area (Å²) >= 11 is 0. The predicted octanol–water partition coefficient (Wildman–Crippen LogP) is 0.993. The lowest BCUT2D eigenvalue weighted by atomic mass is 9.97. The zero-order valence-electron chi connectivity index (χ0n) is 14.6. The van der Waals surface area contributed by atoms with Crippen LogP contribution < -0.4 is 10.2 Å². The molecule has 2 aliphatic heterocycles. The molecule has 1 amide bonds. The number of carbonyl (C=O) groups excluding carboxylic acids is 1. The standard InChI is InChI=1S/C19H26N4O2/c1-2-7-20-19(24)17-5-6-18(21-13-17)23-8-3-4-16(15-23)14-22-9-11-25-12-10-22/h1,5-6,13,16H,3-4,7-12,14-15H2,(H,20,24). The highest BCUT2D eigenvalue weighted by Crippen LogP contribution is 2.22. The maximum Gasteiger partial charge on any atom is 0.253 e. The molecule has 1 aromatic rings. The minimum absolute atomic E-state index is 0.180. The number of pyridine rings is 1. The number of hydrogen-bond acceptors (Lipinski definition) is 5. The van der Waals surface area contributed by atoms with Crippen LogP contribution in [0, 0.1) is 18.3 Å². The predicted molar refractivity (Wildman–Crippen MR) is 97.6 cm³/mol. The zero-order chi connectivity index (χ0) is 17.5. The number of anilines is 1. The summed E-state index contributed by atoms with van der Waals surface area (Å²) in [5.74, 6) is 3.82. The molecule has 1 N–H and O–H groups in total. The molecule has 25 heavy (non-hydrogen) atoms. The third-order valence-corrected chi connectivity index (χ3v) is 4.82. The molecule has 0 aromatic carbocycles. The van der Waals surface area contributed by atoms with Gasteiger partial charge in [0.2, 0.25) is 0 Å². The molecule has 2 saturated heterocycles. The molecule has 3 heterocycles. The van der Waals surface area contributed by atoms with Gasteiger partial charge in [0.05, 0.1) is 25.3 Å². The molecule has 134 valence electrons. The van der Waals surface area contributed by atoms with Crippen LogP contribution in [0.3, 0.4) is 0 Å². The topological polar surface area (TPSA) is 57.7 Å². The maximum absolute atomic E-state index is 11.9. The number of ether oxygens (including phenoxy) is 1. The van der Waals surface area contributed by atoms with Crippen molar-refractivity contribution >= 4 is 11.7 Å². The largest absolute Gasteiger partial charge is 0.379 e. The second-order valence-electron chi connectivity index (χ2n) is 6.66. The van der Waals surface area contributed by atoms with Crippen LogP contribution in [0.1, 0.15) is 23.2 Å². The molecule has 0 bridgehead atoms. The number of rotatable bonds is 5. The van der Waals surface area contributed by atoms with Crippen LogP contribution in [0.25, 0.3) is 0 Å². The third-order valence-electron chi connectivity index (χ3n) is 4.82. The SMILES string of the molecule is C#CCNC(=O)c1ccc(N2CCCC(CN3CCOCC3)C2)nc1. The fraction of sp³-hybridized carbons (Fsp3) is 0.579. The van der Waals surface area contributed by atoms with E-state index in [-0.39, 0.29) is 12.5 Å². The van der Waals surface area contributed by atoms with Gasteiger partial charge in [0.25, 0.3) is 5.91 Å². The first-order valence-electron chi connectivity index (χ1n) is 8.99. The molecule has 6 heteroatoms. The van der Waals surface area contributed by atoms with E-state index in [0.717, 1.165) is 51.8 Å². The number of terminal acetylenes is 1. The van der Waals surface area contributed by atoms with Gasteiger partial charge in [0.15, 0.2) is 0 Å². The van der Waals surface area contributed by atoms with Crippen LogP contribution in [-0.2, 0) is 4.74 Å². The Balaban J connectivity index is 1.55. The Morgan fingerprint density at radius 1 is 1.36 bits per heavy atom. The monoisotopic (exact) mass is 342 g/mol. The normalized spacial score (nSPS) is 21.6. The number of aromatic nitrogens is 1. The minimum atomic E-state index is -0.180. The van der Waals surface area contributed by atoms with E-state index in [9.17, 15) is 4.79 Å². The molecule has 1 atom stereocenters.